The predicted octanol–water partition coefficient (Wildman–Crippen LogP) is 5.86. The molecule has 0 heterocycles. The minimum atomic E-state index is -4.10. The molecule has 2 amide bonds. The minimum absolute atomic E-state index is 0.0524. The second-order valence-corrected chi connectivity index (χ2v) is 12.7. The van der Waals surface area contributed by atoms with Gasteiger partial charge in [0.05, 0.1) is 10.6 Å². The zero-order chi connectivity index (χ0) is 28.6. The van der Waals surface area contributed by atoms with Crippen LogP contribution >= 0.6 is 34.2 Å². The molecule has 7 nitrogen and oxygen atoms in total. The lowest BCUT2D eigenvalue weighted by Crippen LogP contribution is -2.53. The van der Waals surface area contributed by atoms with Crippen LogP contribution in [-0.2, 0) is 26.2 Å². The number of amides is 2. The Balaban J connectivity index is 2.05. The molecule has 0 bridgehead atoms. The van der Waals surface area contributed by atoms with Gasteiger partial charge in [-0.3, -0.25) is 13.9 Å². The van der Waals surface area contributed by atoms with E-state index in [0.29, 0.717) is 22.7 Å². The summed E-state index contributed by atoms with van der Waals surface area (Å²) < 4.78 is 29.6. The topological polar surface area (TPSA) is 86.8 Å². The fraction of sp³-hybridized carbons (Fsp3) is 0.310. The minimum Gasteiger partial charge on any atom is -0.352 e. The summed E-state index contributed by atoms with van der Waals surface area (Å²) in [6.45, 7) is 5.25. The van der Waals surface area contributed by atoms with Gasteiger partial charge in [-0.05, 0) is 90.4 Å². The molecular weight excluding hydrogens is 649 g/mol. The van der Waals surface area contributed by atoms with Gasteiger partial charge in [-0.25, -0.2) is 8.42 Å². The predicted molar refractivity (Wildman–Crippen MR) is 164 cm³/mol. The first-order chi connectivity index (χ1) is 18.6. The number of nitrogens with zero attached hydrogens (tertiary/aromatic N) is 2. The van der Waals surface area contributed by atoms with Crippen LogP contribution in [0.1, 0.15) is 39.2 Å². The lowest BCUT2D eigenvalue weighted by atomic mass is 10.1. The molecule has 10 heteroatoms. The van der Waals surface area contributed by atoms with E-state index in [4.69, 9.17) is 11.6 Å². The molecule has 3 aromatic rings. The summed E-state index contributed by atoms with van der Waals surface area (Å²) >= 11 is 8.57. The molecule has 1 N–H and O–H groups in total. The quantitative estimate of drug-likeness (QED) is 0.243. The number of halogens is 2. The van der Waals surface area contributed by atoms with Crippen LogP contribution < -0.4 is 9.62 Å². The Morgan fingerprint density at radius 1 is 0.923 bits per heavy atom. The van der Waals surface area contributed by atoms with Crippen molar-refractivity contribution in [3.05, 3.63) is 93.0 Å². The average molecular weight is 682 g/mol. The number of hydrogen-bond donors (Lipinski definition) is 1. The van der Waals surface area contributed by atoms with Crippen LogP contribution in [0, 0.1) is 3.57 Å². The first-order valence-electron chi connectivity index (χ1n) is 12.7. The zero-order valence-electron chi connectivity index (χ0n) is 22.2. The Kier molecular flexibility index (Phi) is 11.2. The number of nitrogens with one attached hydrogen (secondary N) is 1. The van der Waals surface area contributed by atoms with E-state index in [1.165, 1.54) is 17.0 Å². The van der Waals surface area contributed by atoms with Gasteiger partial charge < -0.3 is 10.2 Å². The number of carbonyl (C=O) groups excluding carboxylic acids is 2. The largest absolute Gasteiger partial charge is 0.352 e. The molecule has 3 aromatic carbocycles. The van der Waals surface area contributed by atoms with E-state index >= 15 is 0 Å². The standard InChI is InChI=1S/C29H33ClIN3O4S/c1-4-21(3)32-29(36)27(5-2)33(19-22-11-9-10-14-26(22)30)28(35)20-34(24-17-15-23(31)16-18-24)39(37,38)25-12-7-6-8-13-25/h6-18,21,27H,4-5,19-20H2,1-3H3,(H,32,36). The number of sulfonamides is 1. The van der Waals surface area contributed by atoms with Crippen molar-refractivity contribution in [3.8, 4) is 0 Å². The molecular formula is C29H33ClIN3O4S. The molecule has 0 spiro atoms. The summed E-state index contributed by atoms with van der Waals surface area (Å²) in [7, 11) is -4.10. The van der Waals surface area contributed by atoms with Crippen molar-refractivity contribution < 1.29 is 18.0 Å². The SMILES string of the molecule is CCC(C)NC(=O)C(CC)N(Cc1ccccc1Cl)C(=O)CN(c1ccc(I)cc1)S(=O)(=O)c1ccccc1. The Labute approximate surface area is 249 Å². The van der Waals surface area contributed by atoms with E-state index < -0.39 is 28.5 Å². The summed E-state index contributed by atoms with van der Waals surface area (Å²) in [5, 5.41) is 3.42. The smallest absolute Gasteiger partial charge is 0.264 e. The molecule has 39 heavy (non-hydrogen) atoms. The van der Waals surface area contributed by atoms with Crippen molar-refractivity contribution in [1.29, 1.82) is 0 Å². The van der Waals surface area contributed by atoms with E-state index in [-0.39, 0.29) is 23.4 Å². The highest BCUT2D eigenvalue weighted by Crippen LogP contribution is 2.26. The maximum Gasteiger partial charge on any atom is 0.264 e. The van der Waals surface area contributed by atoms with Crippen molar-refractivity contribution in [2.45, 2.75) is 57.1 Å². The summed E-state index contributed by atoms with van der Waals surface area (Å²) in [6, 6.07) is 21.1. The molecule has 3 rings (SSSR count). The van der Waals surface area contributed by atoms with Crippen molar-refractivity contribution in [3.63, 3.8) is 0 Å². The van der Waals surface area contributed by atoms with Gasteiger partial charge in [-0.15, -0.1) is 0 Å². The maximum absolute atomic E-state index is 14.0. The van der Waals surface area contributed by atoms with E-state index in [0.717, 1.165) is 14.3 Å². The van der Waals surface area contributed by atoms with E-state index in [2.05, 4.69) is 27.9 Å². The number of carbonyl (C=O) groups is 2. The Morgan fingerprint density at radius 2 is 1.54 bits per heavy atom. The van der Waals surface area contributed by atoms with Crippen LogP contribution in [-0.4, -0.2) is 43.8 Å². The second-order valence-electron chi connectivity index (χ2n) is 9.16. The van der Waals surface area contributed by atoms with Crippen LogP contribution in [0.5, 0.6) is 0 Å². The summed E-state index contributed by atoms with van der Waals surface area (Å²) in [5.41, 5.74) is 1.01. The van der Waals surface area contributed by atoms with Crippen molar-refractivity contribution in [2.75, 3.05) is 10.8 Å². The normalized spacial score (nSPS) is 12.8. The van der Waals surface area contributed by atoms with E-state index in [1.54, 1.807) is 60.7 Å². The van der Waals surface area contributed by atoms with Gasteiger partial charge in [0.1, 0.15) is 12.6 Å². The van der Waals surface area contributed by atoms with Gasteiger partial charge in [0.2, 0.25) is 11.8 Å². The number of benzene rings is 3. The third-order valence-corrected chi connectivity index (χ3v) is 9.29. The third-order valence-electron chi connectivity index (χ3n) is 6.41. The molecule has 0 saturated heterocycles. The second kappa shape index (κ2) is 14.1. The van der Waals surface area contributed by atoms with Crippen LogP contribution in [0.15, 0.2) is 83.8 Å². The zero-order valence-corrected chi connectivity index (χ0v) is 25.9. The molecule has 2 unspecified atom stereocenters. The summed E-state index contributed by atoms with van der Waals surface area (Å²) in [6.07, 6.45) is 1.07. The van der Waals surface area contributed by atoms with Gasteiger partial charge in [0.15, 0.2) is 0 Å². The maximum atomic E-state index is 14.0. The molecule has 0 aromatic heterocycles. The number of hydrogen-bond acceptors (Lipinski definition) is 4. The van der Waals surface area contributed by atoms with Gasteiger partial charge in [0, 0.05) is 21.2 Å². The van der Waals surface area contributed by atoms with E-state index in [1.807, 2.05) is 26.8 Å². The number of anilines is 1. The fourth-order valence-electron chi connectivity index (χ4n) is 4.03. The fourth-order valence-corrected chi connectivity index (χ4v) is 6.02. The molecule has 0 fully saturated rings. The Bertz CT molecular complexity index is 1370. The first-order valence-corrected chi connectivity index (χ1v) is 15.6. The Morgan fingerprint density at radius 3 is 2.13 bits per heavy atom. The van der Waals surface area contributed by atoms with Crippen LogP contribution in [0.3, 0.4) is 0 Å². The molecule has 208 valence electrons. The van der Waals surface area contributed by atoms with E-state index in [9.17, 15) is 18.0 Å². The molecule has 2 atom stereocenters. The molecule has 0 radical (unpaired) electrons. The average Bonchev–Trinajstić information content (AvgIpc) is 2.93. The molecule has 0 aliphatic carbocycles. The summed E-state index contributed by atoms with van der Waals surface area (Å²) in [4.78, 5) is 28.8. The van der Waals surface area contributed by atoms with Crippen LogP contribution in [0.2, 0.25) is 5.02 Å². The number of rotatable bonds is 12. The monoisotopic (exact) mass is 681 g/mol. The van der Waals surface area contributed by atoms with Gasteiger partial charge in [0.25, 0.3) is 10.0 Å². The van der Waals surface area contributed by atoms with Crippen molar-refractivity contribution in [1.82, 2.24) is 10.2 Å². The Hall–Kier alpha value is -2.63. The van der Waals surface area contributed by atoms with Crippen LogP contribution in [0.25, 0.3) is 0 Å². The first kappa shape index (κ1) is 30.9. The van der Waals surface area contributed by atoms with Gasteiger partial charge in [-0.1, -0.05) is 61.8 Å². The van der Waals surface area contributed by atoms with Gasteiger partial charge in [-0.2, -0.15) is 0 Å². The highest BCUT2D eigenvalue weighted by molar-refractivity contribution is 14.1. The van der Waals surface area contributed by atoms with Crippen molar-refractivity contribution >= 4 is 61.7 Å². The highest BCUT2D eigenvalue weighted by Gasteiger charge is 2.34. The van der Waals surface area contributed by atoms with Gasteiger partial charge >= 0.3 is 0 Å². The van der Waals surface area contributed by atoms with Crippen LogP contribution in [0.4, 0.5) is 5.69 Å². The highest BCUT2D eigenvalue weighted by atomic mass is 127. The molecule has 0 saturated carbocycles. The lowest BCUT2D eigenvalue weighted by Gasteiger charge is -2.34. The lowest BCUT2D eigenvalue weighted by molar-refractivity contribution is -0.140. The molecule has 0 aliphatic rings. The molecule has 0 aliphatic heterocycles. The third kappa shape index (κ3) is 7.95. The summed E-state index contributed by atoms with van der Waals surface area (Å²) in [5.74, 6) is -0.807. The van der Waals surface area contributed by atoms with Crippen molar-refractivity contribution in [2.24, 2.45) is 0 Å².